The number of piperidine rings is 1. The number of carbonyl (C=O) groups is 1. The van der Waals surface area contributed by atoms with Crippen LogP contribution < -0.4 is 5.56 Å². The molecule has 0 saturated carbocycles. The number of carbonyl (C=O) groups excluding carboxylic acids is 1. The molecule has 1 aliphatic rings. The molecule has 5 nitrogen and oxygen atoms in total. The van der Waals surface area contributed by atoms with E-state index in [2.05, 4.69) is 18.8 Å². The first-order chi connectivity index (χ1) is 11.5. The van der Waals surface area contributed by atoms with Gasteiger partial charge in [-0.1, -0.05) is 11.8 Å². The summed E-state index contributed by atoms with van der Waals surface area (Å²) in [5, 5.41) is 2.52. The predicted molar refractivity (Wildman–Crippen MR) is 99.9 cm³/mol. The highest BCUT2D eigenvalue weighted by Crippen LogP contribution is 2.25. The van der Waals surface area contributed by atoms with Crippen molar-refractivity contribution in [2.75, 3.05) is 5.75 Å². The van der Waals surface area contributed by atoms with E-state index in [1.54, 1.807) is 4.57 Å². The maximum absolute atomic E-state index is 12.7. The second kappa shape index (κ2) is 7.27. The van der Waals surface area contributed by atoms with E-state index in [4.69, 9.17) is 0 Å². The Morgan fingerprint density at radius 3 is 2.75 bits per heavy atom. The Labute approximate surface area is 150 Å². The minimum absolute atomic E-state index is 0.00726. The van der Waals surface area contributed by atoms with Gasteiger partial charge in [-0.05, 0) is 51.5 Å². The largest absolute Gasteiger partial charge is 0.337 e. The molecule has 7 heteroatoms. The number of hydrogen-bond donors (Lipinski definition) is 0. The van der Waals surface area contributed by atoms with E-state index in [1.807, 2.05) is 23.3 Å². The van der Waals surface area contributed by atoms with Crippen molar-refractivity contribution in [2.45, 2.75) is 63.8 Å². The zero-order valence-corrected chi connectivity index (χ0v) is 16.0. The van der Waals surface area contributed by atoms with Crippen LogP contribution in [0, 0.1) is 0 Å². The first-order valence-electron chi connectivity index (χ1n) is 8.45. The van der Waals surface area contributed by atoms with Crippen LogP contribution in [0.1, 0.15) is 40.0 Å². The molecule has 0 spiro atoms. The fourth-order valence-electron chi connectivity index (χ4n) is 3.43. The molecule has 2 aromatic heterocycles. The van der Waals surface area contributed by atoms with E-state index in [0.29, 0.717) is 34.2 Å². The average molecular weight is 366 g/mol. The van der Waals surface area contributed by atoms with Crippen LogP contribution in [0.5, 0.6) is 0 Å². The van der Waals surface area contributed by atoms with Gasteiger partial charge in [0.2, 0.25) is 5.91 Å². The summed E-state index contributed by atoms with van der Waals surface area (Å²) in [6.07, 6.45) is 3.32. The predicted octanol–water partition coefficient (Wildman–Crippen LogP) is 3.36. The summed E-state index contributed by atoms with van der Waals surface area (Å²) in [7, 11) is 0. The van der Waals surface area contributed by atoms with E-state index in [9.17, 15) is 9.59 Å². The second-order valence-electron chi connectivity index (χ2n) is 6.30. The molecule has 1 fully saturated rings. The van der Waals surface area contributed by atoms with Crippen molar-refractivity contribution in [3.63, 3.8) is 0 Å². The van der Waals surface area contributed by atoms with E-state index >= 15 is 0 Å². The Morgan fingerprint density at radius 2 is 2.08 bits per heavy atom. The summed E-state index contributed by atoms with van der Waals surface area (Å²) in [5.74, 6) is 0.471. The monoisotopic (exact) mass is 365 g/mol. The Morgan fingerprint density at radius 1 is 1.38 bits per heavy atom. The first-order valence-corrected chi connectivity index (χ1v) is 10.3. The molecule has 0 radical (unpaired) electrons. The number of thiophene rings is 1. The van der Waals surface area contributed by atoms with Gasteiger partial charge >= 0.3 is 0 Å². The molecular formula is C17H23N3O2S2. The Balaban J connectivity index is 1.80. The molecular weight excluding hydrogens is 342 g/mol. The molecule has 130 valence electrons. The maximum atomic E-state index is 12.7. The molecule has 2 aromatic rings. The van der Waals surface area contributed by atoms with Gasteiger partial charge in [0.05, 0.1) is 11.3 Å². The van der Waals surface area contributed by atoms with E-state index < -0.39 is 0 Å². The highest BCUT2D eigenvalue weighted by molar-refractivity contribution is 7.99. The van der Waals surface area contributed by atoms with Crippen molar-refractivity contribution in [3.05, 3.63) is 21.8 Å². The molecule has 2 unspecified atom stereocenters. The van der Waals surface area contributed by atoms with Crippen molar-refractivity contribution in [3.8, 4) is 0 Å². The number of fused-ring (bicyclic) bond motifs is 1. The molecule has 1 aliphatic heterocycles. The highest BCUT2D eigenvalue weighted by Gasteiger charge is 2.29. The SMILES string of the molecule is CCn1c(SCC(=O)N2C(C)CCCC2C)nc2ccsc2c1=O. The molecule has 1 amide bonds. The van der Waals surface area contributed by atoms with Crippen LogP contribution in [-0.2, 0) is 11.3 Å². The number of hydrogen-bond acceptors (Lipinski definition) is 5. The van der Waals surface area contributed by atoms with Gasteiger partial charge in [0.25, 0.3) is 5.56 Å². The van der Waals surface area contributed by atoms with Crippen LogP contribution in [0.2, 0.25) is 0 Å². The lowest BCUT2D eigenvalue weighted by molar-refractivity contribution is -0.134. The van der Waals surface area contributed by atoms with Crippen molar-refractivity contribution in [1.82, 2.24) is 14.5 Å². The molecule has 0 bridgehead atoms. The van der Waals surface area contributed by atoms with Gasteiger partial charge < -0.3 is 4.90 Å². The third kappa shape index (κ3) is 3.24. The van der Waals surface area contributed by atoms with Crippen LogP contribution >= 0.6 is 23.1 Å². The second-order valence-corrected chi connectivity index (χ2v) is 8.16. The first kappa shape index (κ1) is 17.5. The molecule has 24 heavy (non-hydrogen) atoms. The Bertz CT molecular complexity index is 789. The van der Waals surface area contributed by atoms with Crippen LogP contribution in [-0.4, -0.2) is 38.2 Å². The fraction of sp³-hybridized carbons (Fsp3) is 0.588. The van der Waals surface area contributed by atoms with Crippen molar-refractivity contribution >= 4 is 39.2 Å². The van der Waals surface area contributed by atoms with E-state index in [1.165, 1.54) is 29.5 Å². The quantitative estimate of drug-likeness (QED) is 0.616. The molecule has 0 N–H and O–H groups in total. The summed E-state index contributed by atoms with van der Waals surface area (Å²) in [5.41, 5.74) is 0.719. The zero-order chi connectivity index (χ0) is 17.3. The molecule has 3 heterocycles. The van der Waals surface area contributed by atoms with Crippen LogP contribution in [0.15, 0.2) is 21.4 Å². The smallest absolute Gasteiger partial charge is 0.272 e. The average Bonchev–Trinajstić information content (AvgIpc) is 3.01. The minimum Gasteiger partial charge on any atom is -0.337 e. The number of thioether (sulfide) groups is 1. The van der Waals surface area contributed by atoms with Crippen molar-refractivity contribution in [1.29, 1.82) is 0 Å². The molecule has 0 aliphatic carbocycles. The van der Waals surface area contributed by atoms with Crippen molar-refractivity contribution in [2.24, 2.45) is 0 Å². The summed E-state index contributed by atoms with van der Waals surface area (Å²) in [6, 6.07) is 2.45. The van der Waals surface area contributed by atoms with Gasteiger partial charge in [-0.25, -0.2) is 4.98 Å². The maximum Gasteiger partial charge on any atom is 0.272 e. The molecule has 0 aromatic carbocycles. The summed E-state index contributed by atoms with van der Waals surface area (Å²) in [4.78, 5) is 31.8. The van der Waals surface area contributed by atoms with Crippen LogP contribution in [0.4, 0.5) is 0 Å². The highest BCUT2D eigenvalue weighted by atomic mass is 32.2. The zero-order valence-electron chi connectivity index (χ0n) is 14.3. The van der Waals surface area contributed by atoms with Gasteiger partial charge in [0.15, 0.2) is 5.16 Å². The Hall–Kier alpha value is -1.34. The molecule has 1 saturated heterocycles. The van der Waals surface area contributed by atoms with Gasteiger partial charge in [0, 0.05) is 18.6 Å². The number of rotatable bonds is 4. The minimum atomic E-state index is -0.00726. The number of likely N-dealkylation sites (tertiary alicyclic amines) is 1. The molecule has 3 rings (SSSR count). The van der Waals surface area contributed by atoms with Crippen LogP contribution in [0.3, 0.4) is 0 Å². The van der Waals surface area contributed by atoms with E-state index in [0.717, 1.165) is 18.4 Å². The third-order valence-electron chi connectivity index (χ3n) is 4.65. The van der Waals surface area contributed by atoms with Gasteiger partial charge in [0.1, 0.15) is 4.70 Å². The molecule has 2 atom stereocenters. The summed E-state index contributed by atoms with van der Waals surface area (Å²) < 4.78 is 2.35. The van der Waals surface area contributed by atoms with Crippen molar-refractivity contribution < 1.29 is 4.79 Å². The standard InChI is InChI=1S/C17H23N3O2S2/c1-4-19-16(22)15-13(8-9-23-15)18-17(19)24-10-14(21)20-11(2)6-5-7-12(20)3/h8-9,11-12H,4-7,10H2,1-3H3. The number of amides is 1. The number of aromatic nitrogens is 2. The number of nitrogens with zero attached hydrogens (tertiary/aromatic N) is 3. The van der Waals surface area contributed by atoms with Gasteiger partial charge in [-0.15, -0.1) is 11.3 Å². The van der Waals surface area contributed by atoms with Gasteiger partial charge in [-0.2, -0.15) is 0 Å². The third-order valence-corrected chi connectivity index (χ3v) is 6.51. The topological polar surface area (TPSA) is 55.2 Å². The van der Waals surface area contributed by atoms with Gasteiger partial charge in [-0.3, -0.25) is 14.2 Å². The summed E-state index contributed by atoms with van der Waals surface area (Å²) >= 11 is 2.79. The lowest BCUT2D eigenvalue weighted by atomic mass is 9.98. The summed E-state index contributed by atoms with van der Waals surface area (Å²) in [6.45, 7) is 6.74. The fourth-order valence-corrected chi connectivity index (χ4v) is 5.14. The normalized spacial score (nSPS) is 21.4. The lowest BCUT2D eigenvalue weighted by Gasteiger charge is -2.39. The lowest BCUT2D eigenvalue weighted by Crippen LogP contribution is -2.48. The van der Waals surface area contributed by atoms with Crippen LogP contribution in [0.25, 0.3) is 10.2 Å². The Kier molecular flexibility index (Phi) is 5.30. The van der Waals surface area contributed by atoms with E-state index in [-0.39, 0.29) is 11.5 Å².